The van der Waals surface area contributed by atoms with Crippen LogP contribution < -0.4 is 5.32 Å². The zero-order chi connectivity index (χ0) is 14.5. The number of unbranched alkanes of at least 4 members (excludes halogenated alkanes) is 6. The monoisotopic (exact) mass is 282 g/mol. The normalized spacial score (nSPS) is 19.6. The minimum absolute atomic E-state index is 0.781. The molecule has 1 aliphatic heterocycles. The first-order chi connectivity index (χ1) is 10.4. The Hall–Kier alpha value is -1.24. The summed E-state index contributed by atoms with van der Waals surface area (Å²) in [4.78, 5) is 0. The smallest absolute Gasteiger partial charge is 0.0708 e. The molecule has 0 aromatic heterocycles. The zero-order valence-electron chi connectivity index (χ0n) is 13.4. The van der Waals surface area contributed by atoms with Gasteiger partial charge in [-0.2, -0.15) is 0 Å². The van der Waals surface area contributed by atoms with Gasteiger partial charge < -0.3 is 0 Å². The predicted octanol–water partition coefficient (Wildman–Crippen LogP) is 6.20. The summed E-state index contributed by atoms with van der Waals surface area (Å²) < 4.78 is 0. The van der Waals surface area contributed by atoms with Crippen LogP contribution in [0.2, 0.25) is 0 Å². The minimum Gasteiger partial charge on any atom is -0.253 e. The van der Waals surface area contributed by atoms with Gasteiger partial charge in [-0.15, -0.1) is 0 Å². The van der Waals surface area contributed by atoms with Gasteiger partial charge >= 0.3 is 0 Å². The second-order valence-electron chi connectivity index (χ2n) is 6.63. The van der Waals surface area contributed by atoms with Crippen molar-refractivity contribution in [3.63, 3.8) is 0 Å². The van der Waals surface area contributed by atoms with Crippen LogP contribution in [0.4, 0.5) is 5.69 Å². The van der Waals surface area contributed by atoms with Gasteiger partial charge in [-0.05, 0) is 36.8 Å². The molecule has 1 radical (unpaired) electrons. The third-order valence-corrected chi connectivity index (χ3v) is 5.05. The zero-order valence-corrected chi connectivity index (χ0v) is 13.4. The Morgan fingerprint density at radius 3 is 2.62 bits per heavy atom. The summed E-state index contributed by atoms with van der Waals surface area (Å²) in [5.74, 6) is 0.781. The highest BCUT2D eigenvalue weighted by molar-refractivity contribution is 5.84. The third kappa shape index (κ3) is 3.33. The quantitative estimate of drug-likeness (QED) is 0.504. The summed E-state index contributed by atoms with van der Waals surface area (Å²) >= 11 is 0. The Kier molecular flexibility index (Phi) is 5.00. The van der Waals surface area contributed by atoms with E-state index in [1.807, 2.05) is 0 Å². The number of nitrogens with zero attached hydrogens (tertiary/aromatic N) is 1. The van der Waals surface area contributed by atoms with E-state index in [2.05, 4.69) is 31.2 Å². The average Bonchev–Trinajstić information content (AvgIpc) is 3.06. The molecule has 0 fully saturated rings. The van der Waals surface area contributed by atoms with E-state index < -0.39 is 0 Å². The topological polar surface area (TPSA) is 14.1 Å². The Labute approximate surface area is 129 Å². The van der Waals surface area contributed by atoms with Crippen molar-refractivity contribution >= 4 is 11.3 Å². The van der Waals surface area contributed by atoms with E-state index in [9.17, 15) is 0 Å². The van der Waals surface area contributed by atoms with Crippen LogP contribution in [0, 0.1) is 5.92 Å². The lowest BCUT2D eigenvalue weighted by molar-refractivity contribution is 0.515. The van der Waals surface area contributed by atoms with Crippen LogP contribution in [0.5, 0.6) is 0 Å². The lowest BCUT2D eigenvalue weighted by Crippen LogP contribution is -1.99. The molecular formula is C20H28N. The summed E-state index contributed by atoms with van der Waals surface area (Å²) in [6.45, 7) is 2.29. The fourth-order valence-electron chi connectivity index (χ4n) is 3.90. The number of fused-ring (bicyclic) bond motifs is 2. The maximum atomic E-state index is 4.82. The van der Waals surface area contributed by atoms with Gasteiger partial charge in [0.2, 0.25) is 0 Å². The van der Waals surface area contributed by atoms with E-state index in [0.717, 1.165) is 5.92 Å². The van der Waals surface area contributed by atoms with Gasteiger partial charge in [-0.1, -0.05) is 70.1 Å². The van der Waals surface area contributed by atoms with Crippen molar-refractivity contribution < 1.29 is 0 Å². The molecule has 1 heteroatoms. The maximum absolute atomic E-state index is 4.82. The largest absolute Gasteiger partial charge is 0.253 e. The fourth-order valence-corrected chi connectivity index (χ4v) is 3.90. The lowest BCUT2D eigenvalue weighted by atomic mass is 9.90. The summed E-state index contributed by atoms with van der Waals surface area (Å²) in [7, 11) is 0. The number of para-hydroxylation sites is 1. The van der Waals surface area contributed by atoms with Crippen molar-refractivity contribution in [3.8, 4) is 0 Å². The standard InChI is InChI=1S/C20H28N/c1-2-3-4-5-6-7-8-11-16-14-15-19-20(16)17-12-9-10-13-18(17)21-19/h9-10,12-13,16H,2-8,11,14-15H2,1H3. The summed E-state index contributed by atoms with van der Waals surface area (Å²) in [5.41, 5.74) is 5.63. The Morgan fingerprint density at radius 2 is 1.76 bits per heavy atom. The first-order valence-electron chi connectivity index (χ1n) is 8.94. The highest BCUT2D eigenvalue weighted by Crippen LogP contribution is 2.48. The van der Waals surface area contributed by atoms with Crippen molar-refractivity contribution in [3.05, 3.63) is 35.5 Å². The molecule has 0 spiro atoms. The van der Waals surface area contributed by atoms with Gasteiger partial charge in [-0.3, -0.25) is 5.32 Å². The maximum Gasteiger partial charge on any atom is 0.0708 e. The van der Waals surface area contributed by atoms with Gasteiger partial charge in [0.05, 0.1) is 5.69 Å². The number of hydrogen-bond acceptors (Lipinski definition) is 0. The fraction of sp³-hybridized carbons (Fsp3) is 0.600. The second kappa shape index (κ2) is 7.15. The number of benzene rings is 1. The second-order valence-corrected chi connectivity index (χ2v) is 6.63. The van der Waals surface area contributed by atoms with E-state index in [1.54, 1.807) is 5.57 Å². The van der Waals surface area contributed by atoms with Crippen LogP contribution in [0.15, 0.2) is 30.0 Å². The van der Waals surface area contributed by atoms with Gasteiger partial charge in [-0.25, -0.2) is 0 Å². The molecule has 0 N–H and O–H groups in total. The Bertz CT molecular complexity index is 500. The van der Waals surface area contributed by atoms with Crippen molar-refractivity contribution in [2.24, 2.45) is 5.92 Å². The Balaban J connectivity index is 1.45. The van der Waals surface area contributed by atoms with Crippen LogP contribution in [-0.2, 0) is 0 Å². The SMILES string of the molecule is CCCCCCCCCC1CCC2=C1c1ccccc1[N]2. The minimum atomic E-state index is 0.781. The molecule has 1 heterocycles. The van der Waals surface area contributed by atoms with Crippen LogP contribution in [0.25, 0.3) is 5.57 Å². The summed E-state index contributed by atoms with van der Waals surface area (Å²) in [6.07, 6.45) is 13.8. The highest BCUT2D eigenvalue weighted by Gasteiger charge is 2.33. The van der Waals surface area contributed by atoms with Crippen molar-refractivity contribution in [1.82, 2.24) is 5.32 Å². The molecule has 1 atom stereocenters. The molecule has 2 aliphatic rings. The molecule has 1 aliphatic carbocycles. The van der Waals surface area contributed by atoms with Crippen LogP contribution in [-0.4, -0.2) is 0 Å². The van der Waals surface area contributed by atoms with Crippen molar-refractivity contribution in [2.75, 3.05) is 0 Å². The first kappa shape index (κ1) is 14.7. The number of allylic oxidation sites excluding steroid dienone is 2. The van der Waals surface area contributed by atoms with E-state index in [-0.39, 0.29) is 0 Å². The van der Waals surface area contributed by atoms with Gasteiger partial charge in [0.1, 0.15) is 0 Å². The van der Waals surface area contributed by atoms with E-state index in [0.29, 0.717) is 0 Å². The van der Waals surface area contributed by atoms with Crippen molar-refractivity contribution in [2.45, 2.75) is 71.1 Å². The van der Waals surface area contributed by atoms with Crippen molar-refractivity contribution in [1.29, 1.82) is 0 Å². The molecule has 0 saturated heterocycles. The van der Waals surface area contributed by atoms with Gasteiger partial charge in [0.25, 0.3) is 0 Å². The number of hydrogen-bond donors (Lipinski definition) is 0. The first-order valence-corrected chi connectivity index (χ1v) is 8.94. The van der Waals surface area contributed by atoms with E-state index in [1.165, 1.54) is 81.2 Å². The molecule has 113 valence electrons. The predicted molar refractivity (Wildman–Crippen MR) is 90.5 cm³/mol. The van der Waals surface area contributed by atoms with Gasteiger partial charge in [0, 0.05) is 11.3 Å². The lowest BCUT2D eigenvalue weighted by Gasteiger charge is -2.14. The van der Waals surface area contributed by atoms with Crippen LogP contribution in [0.3, 0.4) is 0 Å². The van der Waals surface area contributed by atoms with Crippen LogP contribution in [0.1, 0.15) is 76.7 Å². The molecule has 1 aromatic carbocycles. The molecule has 1 unspecified atom stereocenters. The molecule has 3 rings (SSSR count). The summed E-state index contributed by atoms with van der Waals surface area (Å²) in [6, 6.07) is 8.70. The van der Waals surface area contributed by atoms with E-state index in [4.69, 9.17) is 5.32 Å². The molecule has 1 aromatic rings. The van der Waals surface area contributed by atoms with E-state index >= 15 is 0 Å². The molecular weight excluding hydrogens is 254 g/mol. The highest BCUT2D eigenvalue weighted by atomic mass is 14.9. The molecule has 1 nitrogen and oxygen atoms in total. The average molecular weight is 282 g/mol. The van der Waals surface area contributed by atoms with Crippen LogP contribution >= 0.6 is 0 Å². The molecule has 0 bridgehead atoms. The Morgan fingerprint density at radius 1 is 1.00 bits per heavy atom. The molecule has 0 saturated carbocycles. The van der Waals surface area contributed by atoms with Gasteiger partial charge in [0.15, 0.2) is 0 Å². The number of rotatable bonds is 8. The third-order valence-electron chi connectivity index (χ3n) is 5.05. The summed E-state index contributed by atoms with van der Waals surface area (Å²) in [5, 5.41) is 4.82. The molecule has 21 heavy (non-hydrogen) atoms. The molecule has 0 amide bonds.